The lowest BCUT2D eigenvalue weighted by Crippen LogP contribution is -2.12. The molecule has 0 aliphatic carbocycles. The van der Waals surface area contributed by atoms with E-state index in [1.807, 2.05) is 25.1 Å². The van der Waals surface area contributed by atoms with Crippen molar-refractivity contribution in [2.45, 2.75) is 13.3 Å². The van der Waals surface area contributed by atoms with Gasteiger partial charge in [-0.1, -0.05) is 15.9 Å². The standard InChI is InChI=1S/C10H12BrNOS/c1-7-6-8(11)2-3-9(7)12-10(13)4-5-14/h2-3,6,14H,4-5H2,1H3,(H,12,13). The molecule has 4 heteroatoms. The van der Waals surface area contributed by atoms with Crippen molar-refractivity contribution in [3.8, 4) is 0 Å². The van der Waals surface area contributed by atoms with Crippen LogP contribution in [-0.2, 0) is 4.79 Å². The van der Waals surface area contributed by atoms with Crippen molar-refractivity contribution in [1.82, 2.24) is 0 Å². The first kappa shape index (κ1) is 11.6. The lowest BCUT2D eigenvalue weighted by atomic mass is 10.2. The van der Waals surface area contributed by atoms with E-state index in [9.17, 15) is 4.79 Å². The number of anilines is 1. The average Bonchev–Trinajstić information content (AvgIpc) is 2.10. The predicted octanol–water partition coefficient (Wildman–Crippen LogP) is 3.02. The molecule has 0 spiro atoms. The van der Waals surface area contributed by atoms with Crippen LogP contribution in [0.5, 0.6) is 0 Å². The lowest BCUT2D eigenvalue weighted by molar-refractivity contribution is -0.115. The van der Waals surface area contributed by atoms with E-state index in [1.165, 1.54) is 0 Å². The summed E-state index contributed by atoms with van der Waals surface area (Å²) in [5.74, 6) is 0.576. The number of halogens is 1. The molecule has 1 aromatic rings. The van der Waals surface area contributed by atoms with Crippen LogP contribution in [0.1, 0.15) is 12.0 Å². The topological polar surface area (TPSA) is 29.1 Å². The van der Waals surface area contributed by atoms with Gasteiger partial charge in [0.1, 0.15) is 0 Å². The predicted molar refractivity (Wildman–Crippen MR) is 66.0 cm³/mol. The van der Waals surface area contributed by atoms with E-state index in [0.29, 0.717) is 12.2 Å². The van der Waals surface area contributed by atoms with Gasteiger partial charge in [0.15, 0.2) is 0 Å². The zero-order valence-corrected chi connectivity index (χ0v) is 10.4. The molecule has 14 heavy (non-hydrogen) atoms. The Morgan fingerprint density at radius 3 is 2.86 bits per heavy atom. The number of amides is 1. The van der Waals surface area contributed by atoms with Gasteiger partial charge in [0.25, 0.3) is 0 Å². The summed E-state index contributed by atoms with van der Waals surface area (Å²) in [5, 5.41) is 2.83. The van der Waals surface area contributed by atoms with Crippen molar-refractivity contribution < 1.29 is 4.79 Å². The fourth-order valence-electron chi connectivity index (χ4n) is 1.08. The molecular formula is C10H12BrNOS. The third-order valence-corrected chi connectivity index (χ3v) is 2.52. The van der Waals surface area contributed by atoms with Crippen LogP contribution in [-0.4, -0.2) is 11.7 Å². The minimum Gasteiger partial charge on any atom is -0.326 e. The minimum atomic E-state index is 0.00502. The molecule has 1 rings (SSSR count). The van der Waals surface area contributed by atoms with Crippen LogP contribution in [0.3, 0.4) is 0 Å². The second-order valence-electron chi connectivity index (χ2n) is 2.98. The number of nitrogens with one attached hydrogen (secondary N) is 1. The van der Waals surface area contributed by atoms with Crippen molar-refractivity contribution in [3.63, 3.8) is 0 Å². The van der Waals surface area contributed by atoms with Gasteiger partial charge in [0.2, 0.25) is 5.91 Å². The molecule has 1 N–H and O–H groups in total. The highest BCUT2D eigenvalue weighted by atomic mass is 79.9. The third kappa shape index (κ3) is 3.35. The van der Waals surface area contributed by atoms with Crippen molar-refractivity contribution in [2.75, 3.05) is 11.1 Å². The Balaban J connectivity index is 2.72. The summed E-state index contributed by atoms with van der Waals surface area (Å²) in [6.07, 6.45) is 0.443. The lowest BCUT2D eigenvalue weighted by Gasteiger charge is -2.07. The molecule has 0 aliphatic heterocycles. The molecule has 0 atom stereocenters. The van der Waals surface area contributed by atoms with Gasteiger partial charge >= 0.3 is 0 Å². The van der Waals surface area contributed by atoms with Crippen LogP contribution >= 0.6 is 28.6 Å². The van der Waals surface area contributed by atoms with Crippen LogP contribution in [0.4, 0.5) is 5.69 Å². The Kier molecular flexibility index (Phi) is 4.48. The van der Waals surface area contributed by atoms with E-state index in [1.54, 1.807) is 0 Å². The van der Waals surface area contributed by atoms with Gasteiger partial charge in [-0.15, -0.1) is 0 Å². The highest BCUT2D eigenvalue weighted by molar-refractivity contribution is 9.10. The number of hydrogen-bond donors (Lipinski definition) is 2. The summed E-state index contributed by atoms with van der Waals surface area (Å²) in [6, 6.07) is 5.76. The number of rotatable bonds is 3. The molecule has 2 nitrogen and oxygen atoms in total. The van der Waals surface area contributed by atoms with E-state index in [4.69, 9.17) is 0 Å². The van der Waals surface area contributed by atoms with E-state index < -0.39 is 0 Å². The minimum absolute atomic E-state index is 0.00502. The van der Waals surface area contributed by atoms with Gasteiger partial charge in [-0.05, 0) is 36.4 Å². The first-order valence-corrected chi connectivity index (χ1v) is 5.73. The van der Waals surface area contributed by atoms with Crippen LogP contribution in [0.15, 0.2) is 22.7 Å². The maximum atomic E-state index is 11.3. The highest BCUT2D eigenvalue weighted by Crippen LogP contribution is 2.20. The molecule has 76 valence electrons. The Bertz CT molecular complexity index is 341. The van der Waals surface area contributed by atoms with Gasteiger partial charge in [0, 0.05) is 16.6 Å². The number of thiol groups is 1. The molecule has 0 heterocycles. The number of carbonyl (C=O) groups is 1. The fraction of sp³-hybridized carbons (Fsp3) is 0.300. The van der Waals surface area contributed by atoms with Crippen LogP contribution in [0.25, 0.3) is 0 Å². The summed E-state index contributed by atoms with van der Waals surface area (Å²) in [7, 11) is 0. The highest BCUT2D eigenvalue weighted by Gasteiger charge is 2.03. The Labute approximate surface area is 97.6 Å². The Morgan fingerprint density at radius 2 is 2.29 bits per heavy atom. The van der Waals surface area contributed by atoms with Gasteiger partial charge < -0.3 is 5.32 Å². The molecule has 0 saturated heterocycles. The molecule has 0 unspecified atom stereocenters. The van der Waals surface area contributed by atoms with Crippen molar-refractivity contribution in [3.05, 3.63) is 28.2 Å². The maximum absolute atomic E-state index is 11.3. The summed E-state index contributed by atoms with van der Waals surface area (Å²) >= 11 is 7.37. The van der Waals surface area contributed by atoms with Gasteiger partial charge in [-0.2, -0.15) is 12.6 Å². The number of hydrogen-bond acceptors (Lipinski definition) is 2. The Morgan fingerprint density at radius 1 is 1.57 bits per heavy atom. The van der Waals surface area contributed by atoms with Crippen LogP contribution in [0, 0.1) is 6.92 Å². The smallest absolute Gasteiger partial charge is 0.225 e. The van der Waals surface area contributed by atoms with Crippen molar-refractivity contribution >= 4 is 40.2 Å². The third-order valence-electron chi connectivity index (χ3n) is 1.80. The monoisotopic (exact) mass is 273 g/mol. The first-order chi connectivity index (χ1) is 6.63. The van der Waals surface area contributed by atoms with E-state index in [0.717, 1.165) is 15.7 Å². The SMILES string of the molecule is Cc1cc(Br)ccc1NC(=O)CCS. The summed E-state index contributed by atoms with van der Waals surface area (Å²) < 4.78 is 1.02. The number of aryl methyl sites for hydroxylation is 1. The molecule has 0 bridgehead atoms. The second-order valence-corrected chi connectivity index (χ2v) is 4.34. The molecule has 1 aromatic carbocycles. The van der Waals surface area contributed by atoms with Crippen LogP contribution in [0.2, 0.25) is 0 Å². The molecule has 0 radical (unpaired) electrons. The largest absolute Gasteiger partial charge is 0.326 e. The molecule has 0 fully saturated rings. The Hall–Kier alpha value is -0.480. The average molecular weight is 274 g/mol. The maximum Gasteiger partial charge on any atom is 0.225 e. The normalized spacial score (nSPS) is 9.93. The van der Waals surface area contributed by atoms with Crippen LogP contribution < -0.4 is 5.32 Å². The number of carbonyl (C=O) groups excluding carboxylic acids is 1. The zero-order chi connectivity index (χ0) is 10.6. The van der Waals surface area contributed by atoms with Gasteiger partial charge in [0.05, 0.1) is 0 Å². The van der Waals surface area contributed by atoms with E-state index in [-0.39, 0.29) is 5.91 Å². The van der Waals surface area contributed by atoms with Gasteiger partial charge in [-0.3, -0.25) is 4.79 Å². The molecule has 0 aliphatic rings. The quantitative estimate of drug-likeness (QED) is 0.815. The zero-order valence-electron chi connectivity index (χ0n) is 7.88. The van der Waals surface area contributed by atoms with Crippen molar-refractivity contribution in [1.29, 1.82) is 0 Å². The van der Waals surface area contributed by atoms with Crippen molar-refractivity contribution in [2.24, 2.45) is 0 Å². The van der Waals surface area contributed by atoms with Gasteiger partial charge in [-0.25, -0.2) is 0 Å². The van der Waals surface area contributed by atoms with E-state index in [2.05, 4.69) is 33.9 Å². The molecule has 0 aromatic heterocycles. The molecule has 1 amide bonds. The first-order valence-electron chi connectivity index (χ1n) is 4.30. The summed E-state index contributed by atoms with van der Waals surface area (Å²) in [5.41, 5.74) is 1.91. The molecule has 0 saturated carbocycles. The molecular weight excluding hydrogens is 262 g/mol. The van der Waals surface area contributed by atoms with E-state index >= 15 is 0 Å². The summed E-state index contributed by atoms with van der Waals surface area (Å²) in [4.78, 5) is 11.3. The fourth-order valence-corrected chi connectivity index (χ4v) is 1.76. The second kappa shape index (κ2) is 5.41. The number of benzene rings is 1. The summed E-state index contributed by atoms with van der Waals surface area (Å²) in [6.45, 7) is 1.96.